The Kier molecular flexibility index (Phi) is 3.32. The number of ether oxygens (including phenoxy) is 1. The summed E-state index contributed by atoms with van der Waals surface area (Å²) in [4.78, 5) is 23.3. The lowest BCUT2D eigenvalue weighted by Crippen LogP contribution is -2.28. The van der Waals surface area contributed by atoms with E-state index in [2.05, 4.69) is 5.32 Å². The van der Waals surface area contributed by atoms with Gasteiger partial charge in [-0.25, -0.2) is 0 Å². The molecule has 0 aromatic heterocycles. The lowest BCUT2D eigenvalue weighted by atomic mass is 9.85. The highest BCUT2D eigenvalue weighted by Crippen LogP contribution is 2.32. The molecule has 0 fully saturated rings. The van der Waals surface area contributed by atoms with Crippen molar-refractivity contribution in [3.8, 4) is 5.75 Å². The number of aliphatic hydroxyl groups excluding tert-OH is 1. The van der Waals surface area contributed by atoms with E-state index >= 15 is 0 Å². The molecule has 0 saturated carbocycles. The molecule has 1 aromatic rings. The summed E-state index contributed by atoms with van der Waals surface area (Å²) < 4.78 is 5.22. The Morgan fingerprint density at radius 2 is 2.11 bits per heavy atom. The van der Waals surface area contributed by atoms with Gasteiger partial charge in [0.05, 0.1) is 5.69 Å². The first kappa shape index (κ1) is 13.5. The topological polar surface area (TPSA) is 75.6 Å². The number of carbonyl (C=O) groups excluding carboxylic acids is 2. The Balaban J connectivity index is 2.29. The number of ketones is 1. The highest BCUT2D eigenvalue weighted by atomic mass is 16.5. The van der Waals surface area contributed by atoms with Crippen LogP contribution in [0, 0.1) is 5.41 Å². The molecule has 2 rings (SSSR count). The monoisotopic (exact) mass is 263 g/mol. The van der Waals surface area contributed by atoms with Crippen LogP contribution in [-0.2, 0) is 9.59 Å². The van der Waals surface area contributed by atoms with Gasteiger partial charge in [-0.15, -0.1) is 0 Å². The van der Waals surface area contributed by atoms with Gasteiger partial charge < -0.3 is 15.2 Å². The van der Waals surface area contributed by atoms with Crippen LogP contribution in [0.5, 0.6) is 5.75 Å². The van der Waals surface area contributed by atoms with Crippen molar-refractivity contribution in [1.82, 2.24) is 0 Å². The molecule has 0 aliphatic carbocycles. The third-order valence-corrected chi connectivity index (χ3v) is 2.94. The highest BCUT2D eigenvalue weighted by molar-refractivity contribution is 5.96. The number of hydrogen-bond acceptors (Lipinski definition) is 4. The van der Waals surface area contributed by atoms with Gasteiger partial charge in [-0.1, -0.05) is 26.8 Å². The van der Waals surface area contributed by atoms with Crippen LogP contribution in [0.15, 0.2) is 18.2 Å². The molecular weight excluding hydrogens is 246 g/mol. The van der Waals surface area contributed by atoms with E-state index in [1.165, 1.54) is 0 Å². The number of amides is 1. The van der Waals surface area contributed by atoms with E-state index in [9.17, 15) is 14.7 Å². The van der Waals surface area contributed by atoms with Crippen LogP contribution in [0.1, 0.15) is 32.4 Å². The maximum Gasteiger partial charge on any atom is 0.262 e. The lowest BCUT2D eigenvalue weighted by Gasteiger charge is -2.23. The van der Waals surface area contributed by atoms with Crippen LogP contribution in [0.2, 0.25) is 0 Å². The third-order valence-electron chi connectivity index (χ3n) is 2.94. The van der Waals surface area contributed by atoms with E-state index in [1.54, 1.807) is 39.0 Å². The molecule has 5 heteroatoms. The second kappa shape index (κ2) is 4.66. The van der Waals surface area contributed by atoms with Crippen LogP contribution in [0.25, 0.3) is 0 Å². The smallest absolute Gasteiger partial charge is 0.262 e. The Bertz CT molecular complexity index is 531. The van der Waals surface area contributed by atoms with Crippen molar-refractivity contribution in [1.29, 1.82) is 0 Å². The van der Waals surface area contributed by atoms with Gasteiger partial charge in [-0.05, 0) is 17.7 Å². The zero-order valence-electron chi connectivity index (χ0n) is 11.2. The predicted molar refractivity (Wildman–Crippen MR) is 70.0 cm³/mol. The van der Waals surface area contributed by atoms with Crippen molar-refractivity contribution >= 4 is 17.4 Å². The minimum absolute atomic E-state index is 0.0180. The van der Waals surface area contributed by atoms with Crippen LogP contribution in [0.4, 0.5) is 5.69 Å². The van der Waals surface area contributed by atoms with Crippen LogP contribution in [-0.4, -0.2) is 23.4 Å². The maximum absolute atomic E-state index is 12.0. The van der Waals surface area contributed by atoms with E-state index in [0.717, 1.165) is 0 Å². The first-order chi connectivity index (χ1) is 8.79. The summed E-state index contributed by atoms with van der Waals surface area (Å²) in [7, 11) is 0. The summed E-state index contributed by atoms with van der Waals surface area (Å²) >= 11 is 0. The Hall–Kier alpha value is -1.88. The number of anilines is 1. The molecule has 1 heterocycles. The average Bonchev–Trinajstić information content (AvgIpc) is 2.35. The molecule has 102 valence electrons. The first-order valence-electron chi connectivity index (χ1n) is 6.08. The van der Waals surface area contributed by atoms with Crippen molar-refractivity contribution in [2.75, 3.05) is 11.9 Å². The number of aliphatic hydroxyl groups is 1. The normalized spacial score (nSPS) is 16.1. The zero-order chi connectivity index (χ0) is 14.2. The van der Waals surface area contributed by atoms with Crippen molar-refractivity contribution < 1.29 is 19.4 Å². The number of Topliss-reactive ketones (excluding diaryl/α,β-unsaturated/α-hetero) is 1. The molecule has 0 bridgehead atoms. The number of rotatable bonds is 2. The number of hydrogen-bond donors (Lipinski definition) is 2. The Morgan fingerprint density at radius 1 is 1.42 bits per heavy atom. The summed E-state index contributed by atoms with van der Waals surface area (Å²) in [5, 5.41) is 12.7. The summed E-state index contributed by atoms with van der Waals surface area (Å²) in [6.45, 7) is 5.24. The molecular formula is C14H17NO4. The van der Waals surface area contributed by atoms with Crippen molar-refractivity contribution in [3.05, 3.63) is 23.8 Å². The second-order valence-electron chi connectivity index (χ2n) is 5.61. The quantitative estimate of drug-likeness (QED) is 0.851. The van der Waals surface area contributed by atoms with Crippen molar-refractivity contribution in [2.45, 2.75) is 26.9 Å². The predicted octanol–water partition coefficient (Wildman–Crippen LogP) is 1.67. The number of fused-ring (bicyclic) bond motifs is 1. The maximum atomic E-state index is 12.0. The summed E-state index contributed by atoms with van der Waals surface area (Å²) in [6.07, 6.45) is -1.20. The molecule has 19 heavy (non-hydrogen) atoms. The van der Waals surface area contributed by atoms with Crippen LogP contribution < -0.4 is 10.1 Å². The van der Waals surface area contributed by atoms with E-state index in [1.807, 2.05) is 0 Å². The standard InChI is InChI=1S/C14H17NO4/c1-14(2,3)13(18)12(17)8-4-5-10-9(6-8)15-11(16)7-19-10/h4-6,12,17H,7H2,1-3H3,(H,15,16). The van der Waals surface area contributed by atoms with Crippen LogP contribution in [0.3, 0.4) is 0 Å². The molecule has 0 saturated heterocycles. The minimum Gasteiger partial charge on any atom is -0.482 e. The van der Waals surface area contributed by atoms with Gasteiger partial charge >= 0.3 is 0 Å². The van der Waals surface area contributed by atoms with Crippen molar-refractivity contribution in [2.24, 2.45) is 5.41 Å². The van der Waals surface area contributed by atoms with Gasteiger partial charge in [0.15, 0.2) is 12.4 Å². The van der Waals surface area contributed by atoms with Gasteiger partial charge in [0, 0.05) is 5.41 Å². The van der Waals surface area contributed by atoms with Crippen molar-refractivity contribution in [3.63, 3.8) is 0 Å². The Labute approximate surface area is 111 Å². The average molecular weight is 263 g/mol. The van der Waals surface area contributed by atoms with Gasteiger partial charge in [0.1, 0.15) is 11.9 Å². The molecule has 2 N–H and O–H groups in total. The van der Waals surface area contributed by atoms with E-state index in [4.69, 9.17) is 4.74 Å². The van der Waals surface area contributed by atoms with E-state index in [0.29, 0.717) is 17.0 Å². The molecule has 1 aliphatic rings. The van der Waals surface area contributed by atoms with E-state index < -0.39 is 11.5 Å². The number of benzene rings is 1. The molecule has 1 aliphatic heterocycles. The third kappa shape index (κ3) is 2.76. The fraction of sp³-hybridized carbons (Fsp3) is 0.429. The second-order valence-corrected chi connectivity index (χ2v) is 5.61. The van der Waals surface area contributed by atoms with Gasteiger partial charge in [0.25, 0.3) is 5.91 Å². The van der Waals surface area contributed by atoms with E-state index in [-0.39, 0.29) is 18.3 Å². The van der Waals surface area contributed by atoms with Crippen LogP contribution >= 0.6 is 0 Å². The Morgan fingerprint density at radius 3 is 2.74 bits per heavy atom. The molecule has 1 amide bonds. The number of carbonyl (C=O) groups is 2. The molecule has 1 atom stereocenters. The largest absolute Gasteiger partial charge is 0.482 e. The van der Waals surface area contributed by atoms with Gasteiger partial charge in [0.2, 0.25) is 0 Å². The zero-order valence-corrected chi connectivity index (χ0v) is 11.2. The molecule has 0 radical (unpaired) electrons. The first-order valence-corrected chi connectivity index (χ1v) is 6.08. The molecule has 1 aromatic carbocycles. The summed E-state index contributed by atoms with van der Waals surface area (Å²) in [6, 6.07) is 4.84. The summed E-state index contributed by atoms with van der Waals surface area (Å²) in [5.41, 5.74) is 0.300. The minimum atomic E-state index is -1.20. The fourth-order valence-electron chi connectivity index (χ4n) is 1.83. The lowest BCUT2D eigenvalue weighted by molar-refractivity contribution is -0.135. The molecule has 0 spiro atoms. The number of nitrogens with one attached hydrogen (secondary N) is 1. The van der Waals surface area contributed by atoms with Gasteiger partial charge in [-0.2, -0.15) is 0 Å². The highest BCUT2D eigenvalue weighted by Gasteiger charge is 2.30. The fourth-order valence-corrected chi connectivity index (χ4v) is 1.83. The molecule has 1 unspecified atom stereocenters. The molecule has 5 nitrogen and oxygen atoms in total. The summed E-state index contributed by atoms with van der Waals surface area (Å²) in [5.74, 6) is 0.0237. The SMILES string of the molecule is CC(C)(C)C(=O)C(O)c1ccc2c(c1)NC(=O)CO2. The van der Waals surface area contributed by atoms with Gasteiger partial charge in [-0.3, -0.25) is 9.59 Å².